The summed E-state index contributed by atoms with van der Waals surface area (Å²) >= 11 is 0. The van der Waals surface area contributed by atoms with Crippen LogP contribution in [0.1, 0.15) is 25.7 Å². The van der Waals surface area contributed by atoms with Crippen LogP contribution in [0.2, 0.25) is 0 Å². The predicted molar refractivity (Wildman–Crippen MR) is 113 cm³/mol. The Balaban J connectivity index is 5.39. The number of carboxylic acids is 3. The van der Waals surface area contributed by atoms with Gasteiger partial charge in [0.05, 0.1) is 25.5 Å². The number of carbonyl (C=O) groups excluding carboxylic acids is 3. The molecule has 0 aromatic heterocycles. The first-order valence-electron chi connectivity index (χ1n) is 9.77. The number of nitrogens with two attached hydrogens (primary N) is 3. The van der Waals surface area contributed by atoms with Gasteiger partial charge in [-0.15, -0.1) is 0 Å². The molecule has 0 saturated heterocycles. The second kappa shape index (κ2) is 15.0. The van der Waals surface area contributed by atoms with Gasteiger partial charge in [-0.25, -0.2) is 4.79 Å². The number of hydrogen-bond acceptors (Lipinski definition) is 9. The van der Waals surface area contributed by atoms with Crippen molar-refractivity contribution in [1.82, 2.24) is 16.0 Å². The first-order chi connectivity index (χ1) is 15.8. The zero-order valence-electron chi connectivity index (χ0n) is 18.0. The monoisotopic (exact) mass is 491 g/mol. The third-order valence-electron chi connectivity index (χ3n) is 4.12. The summed E-state index contributed by atoms with van der Waals surface area (Å²) in [6, 6.07) is -6.39. The van der Waals surface area contributed by atoms with Crippen LogP contribution >= 0.6 is 0 Å². The van der Waals surface area contributed by atoms with Crippen molar-refractivity contribution in [2.45, 2.75) is 49.9 Å². The van der Waals surface area contributed by atoms with Crippen molar-refractivity contribution in [1.29, 1.82) is 0 Å². The normalized spacial score (nSPS) is 13.9. The molecule has 0 fully saturated rings. The second-order valence-electron chi connectivity index (χ2n) is 6.96. The van der Waals surface area contributed by atoms with Crippen LogP contribution < -0.4 is 33.2 Å². The van der Waals surface area contributed by atoms with E-state index in [-0.39, 0.29) is 25.3 Å². The lowest BCUT2D eigenvalue weighted by Crippen LogP contribution is -2.58. The van der Waals surface area contributed by atoms with E-state index in [1.807, 2.05) is 5.32 Å². The summed E-state index contributed by atoms with van der Waals surface area (Å²) in [6.07, 6.45) is -1.63. The molecular formula is C17H29N7O10. The highest BCUT2D eigenvalue weighted by molar-refractivity contribution is 5.95. The Morgan fingerprint density at radius 2 is 1.26 bits per heavy atom. The minimum Gasteiger partial charge on any atom is -0.481 e. The van der Waals surface area contributed by atoms with Crippen LogP contribution in [0.4, 0.5) is 0 Å². The molecule has 17 heteroatoms. The van der Waals surface area contributed by atoms with E-state index in [1.54, 1.807) is 0 Å². The maximum absolute atomic E-state index is 12.7. The highest BCUT2D eigenvalue weighted by Crippen LogP contribution is 2.02. The number of amides is 3. The van der Waals surface area contributed by atoms with Crippen molar-refractivity contribution in [2.24, 2.45) is 22.2 Å². The Bertz CT molecular complexity index is 800. The van der Waals surface area contributed by atoms with Crippen LogP contribution in [0.15, 0.2) is 4.99 Å². The fourth-order valence-corrected chi connectivity index (χ4v) is 2.45. The molecule has 192 valence electrons. The molecule has 34 heavy (non-hydrogen) atoms. The standard InChI is InChI=1S/C17H29N7O10/c18-7(4-11(26)27)13(30)22-8(2-1-3-21-17(19)20)14(31)24-10(6-25)15(32)23-9(16(33)34)5-12(28)29/h7-10,25H,1-6,18H2,(H,22,30)(H,23,32)(H,24,31)(H,26,27)(H,28,29)(H,33,34)(H4,19,20,21). The third kappa shape index (κ3) is 12.2. The quantitative estimate of drug-likeness (QED) is 0.0549. The van der Waals surface area contributed by atoms with Gasteiger partial charge in [-0.1, -0.05) is 0 Å². The van der Waals surface area contributed by atoms with E-state index in [1.165, 1.54) is 0 Å². The van der Waals surface area contributed by atoms with Gasteiger partial charge in [0.15, 0.2) is 5.96 Å². The molecule has 0 bridgehead atoms. The molecular weight excluding hydrogens is 462 g/mol. The van der Waals surface area contributed by atoms with Gasteiger partial charge in [0.1, 0.15) is 18.1 Å². The van der Waals surface area contributed by atoms with E-state index in [4.69, 9.17) is 32.5 Å². The highest BCUT2D eigenvalue weighted by Gasteiger charge is 2.31. The van der Waals surface area contributed by atoms with E-state index in [0.717, 1.165) is 0 Å². The van der Waals surface area contributed by atoms with Crippen molar-refractivity contribution in [3.63, 3.8) is 0 Å². The number of nitrogens with one attached hydrogen (secondary N) is 3. The number of guanidine groups is 1. The maximum Gasteiger partial charge on any atom is 0.326 e. The molecule has 4 atom stereocenters. The summed E-state index contributed by atoms with van der Waals surface area (Å²) < 4.78 is 0. The lowest BCUT2D eigenvalue weighted by Gasteiger charge is -2.24. The molecule has 0 aliphatic rings. The summed E-state index contributed by atoms with van der Waals surface area (Å²) in [5.41, 5.74) is 15.9. The molecule has 0 spiro atoms. The van der Waals surface area contributed by atoms with Crippen LogP contribution in [-0.2, 0) is 28.8 Å². The van der Waals surface area contributed by atoms with Crippen molar-refractivity contribution in [3.8, 4) is 0 Å². The summed E-state index contributed by atoms with van der Waals surface area (Å²) in [7, 11) is 0. The van der Waals surface area contributed by atoms with Crippen molar-refractivity contribution in [2.75, 3.05) is 13.2 Å². The predicted octanol–water partition coefficient (Wildman–Crippen LogP) is -5.15. The molecule has 0 radical (unpaired) electrons. The van der Waals surface area contributed by atoms with Gasteiger partial charge in [0.2, 0.25) is 17.7 Å². The fourth-order valence-electron chi connectivity index (χ4n) is 2.45. The maximum atomic E-state index is 12.7. The van der Waals surface area contributed by atoms with Crippen molar-refractivity contribution >= 4 is 41.6 Å². The minimum absolute atomic E-state index is 0.0581. The van der Waals surface area contributed by atoms with Crippen LogP contribution in [-0.4, -0.2) is 99.3 Å². The second-order valence-corrected chi connectivity index (χ2v) is 6.96. The van der Waals surface area contributed by atoms with E-state index in [2.05, 4.69) is 15.6 Å². The number of aliphatic imine (C=N–C) groups is 1. The third-order valence-corrected chi connectivity index (χ3v) is 4.12. The van der Waals surface area contributed by atoms with E-state index in [9.17, 15) is 33.9 Å². The van der Waals surface area contributed by atoms with E-state index < -0.39 is 79.2 Å². The largest absolute Gasteiger partial charge is 0.481 e. The van der Waals surface area contributed by atoms with Gasteiger partial charge in [-0.2, -0.15) is 0 Å². The van der Waals surface area contributed by atoms with Crippen molar-refractivity contribution in [3.05, 3.63) is 0 Å². The molecule has 17 nitrogen and oxygen atoms in total. The number of aliphatic hydroxyl groups is 1. The van der Waals surface area contributed by atoms with Gasteiger partial charge >= 0.3 is 17.9 Å². The lowest BCUT2D eigenvalue weighted by atomic mass is 10.1. The Labute approximate surface area is 192 Å². The molecule has 0 aliphatic heterocycles. The average molecular weight is 491 g/mol. The molecule has 0 aliphatic carbocycles. The molecule has 0 heterocycles. The Hall–Kier alpha value is -3.99. The number of carbonyl (C=O) groups is 6. The Morgan fingerprint density at radius 1 is 0.765 bits per heavy atom. The van der Waals surface area contributed by atoms with Crippen LogP contribution in [0, 0.1) is 0 Å². The number of carboxylic acid groups (broad SMARTS) is 3. The summed E-state index contributed by atoms with van der Waals surface area (Å²) in [5.74, 6) is -7.93. The van der Waals surface area contributed by atoms with E-state index in [0.29, 0.717) is 0 Å². The Morgan fingerprint density at radius 3 is 1.74 bits per heavy atom. The first-order valence-corrected chi connectivity index (χ1v) is 9.77. The van der Waals surface area contributed by atoms with Crippen molar-refractivity contribution < 1.29 is 49.2 Å². The van der Waals surface area contributed by atoms with Gasteiger partial charge in [-0.3, -0.25) is 29.0 Å². The molecule has 0 saturated carbocycles. The molecule has 0 aromatic rings. The minimum atomic E-state index is -1.83. The van der Waals surface area contributed by atoms with Gasteiger partial charge in [0, 0.05) is 6.54 Å². The lowest BCUT2D eigenvalue weighted by molar-refractivity contribution is -0.147. The number of hydrogen-bond donors (Lipinski definition) is 10. The smallest absolute Gasteiger partial charge is 0.326 e. The van der Waals surface area contributed by atoms with Crippen LogP contribution in [0.25, 0.3) is 0 Å². The highest BCUT2D eigenvalue weighted by atomic mass is 16.4. The average Bonchev–Trinajstić information content (AvgIpc) is 2.71. The number of aliphatic carboxylic acids is 3. The van der Waals surface area contributed by atoms with Crippen LogP contribution in [0.5, 0.6) is 0 Å². The fraction of sp³-hybridized carbons (Fsp3) is 0.588. The Kier molecular flexibility index (Phi) is 13.2. The summed E-state index contributed by atoms with van der Waals surface area (Å²) in [4.78, 5) is 73.4. The molecule has 0 rings (SSSR count). The zero-order chi connectivity index (χ0) is 26.4. The van der Waals surface area contributed by atoms with Gasteiger partial charge in [0.25, 0.3) is 0 Å². The van der Waals surface area contributed by atoms with E-state index >= 15 is 0 Å². The molecule has 3 amide bonds. The number of nitrogens with zero attached hydrogens (tertiary/aromatic N) is 1. The molecule has 0 aromatic carbocycles. The zero-order valence-corrected chi connectivity index (χ0v) is 18.0. The molecule has 4 unspecified atom stereocenters. The first kappa shape index (κ1) is 30.0. The number of rotatable bonds is 16. The van der Waals surface area contributed by atoms with Crippen LogP contribution in [0.3, 0.4) is 0 Å². The van der Waals surface area contributed by atoms with Gasteiger partial charge < -0.3 is 53.6 Å². The van der Waals surface area contributed by atoms with Gasteiger partial charge in [-0.05, 0) is 12.8 Å². The number of aliphatic hydroxyl groups excluding tert-OH is 1. The SMILES string of the molecule is NC(N)=NCCCC(NC(=O)C(N)CC(=O)O)C(=O)NC(CO)C(=O)NC(CC(=O)O)C(=O)O. The summed E-state index contributed by atoms with van der Waals surface area (Å²) in [5, 5.41) is 42.1. The summed E-state index contributed by atoms with van der Waals surface area (Å²) in [6.45, 7) is -0.938. The topological polar surface area (TPSA) is 310 Å². The molecule has 13 N–H and O–H groups in total.